The van der Waals surface area contributed by atoms with E-state index in [0.29, 0.717) is 10.8 Å². The molecule has 0 aromatic heterocycles. The lowest BCUT2D eigenvalue weighted by molar-refractivity contribution is 0.174. The molecule has 0 aliphatic rings. The van der Waals surface area contributed by atoms with Gasteiger partial charge in [0, 0.05) is 18.4 Å². The van der Waals surface area contributed by atoms with Gasteiger partial charge in [0.1, 0.15) is 0 Å². The summed E-state index contributed by atoms with van der Waals surface area (Å²) in [6.07, 6.45) is 0. The molecule has 0 N–H and O–H groups in total. The van der Waals surface area contributed by atoms with Crippen LogP contribution in [0.15, 0.2) is 0 Å². The highest BCUT2D eigenvalue weighted by molar-refractivity contribution is 9.09. The zero-order valence-corrected chi connectivity index (χ0v) is 11.5. The summed E-state index contributed by atoms with van der Waals surface area (Å²) in [5.74, 6) is 0. The van der Waals surface area contributed by atoms with E-state index in [4.69, 9.17) is 0 Å². The standard InChI is InChI=1S/C11H24BrN/c1-10(2,3)8-13(6)9-11(4,5)7-12/h7-9H2,1-6H3. The number of rotatable bonds is 4. The molecule has 0 atom stereocenters. The molecule has 0 saturated carbocycles. The van der Waals surface area contributed by atoms with Crippen molar-refractivity contribution >= 4 is 15.9 Å². The first kappa shape index (κ1) is 13.4. The second-order valence-corrected chi connectivity index (χ2v) is 6.59. The summed E-state index contributed by atoms with van der Waals surface area (Å²) in [4.78, 5) is 2.42. The molecule has 0 aromatic carbocycles. The lowest BCUT2D eigenvalue weighted by atomic mass is 9.92. The maximum Gasteiger partial charge on any atom is 0.00949 e. The molecule has 0 aliphatic heterocycles. The molecule has 0 heterocycles. The predicted molar refractivity (Wildman–Crippen MR) is 64.5 cm³/mol. The van der Waals surface area contributed by atoms with Gasteiger partial charge < -0.3 is 4.90 Å². The molecule has 0 spiro atoms. The van der Waals surface area contributed by atoms with Gasteiger partial charge in [-0.15, -0.1) is 0 Å². The van der Waals surface area contributed by atoms with Crippen molar-refractivity contribution in [3.05, 3.63) is 0 Å². The molecular formula is C11H24BrN. The highest BCUT2D eigenvalue weighted by atomic mass is 79.9. The fourth-order valence-corrected chi connectivity index (χ4v) is 1.82. The van der Waals surface area contributed by atoms with Crippen LogP contribution in [-0.4, -0.2) is 30.4 Å². The van der Waals surface area contributed by atoms with Gasteiger partial charge in [-0.1, -0.05) is 50.5 Å². The molecular weight excluding hydrogens is 226 g/mol. The number of alkyl halides is 1. The van der Waals surface area contributed by atoms with E-state index in [1.807, 2.05) is 0 Å². The van der Waals surface area contributed by atoms with Gasteiger partial charge in [-0.2, -0.15) is 0 Å². The Bertz CT molecular complexity index is 147. The van der Waals surface area contributed by atoms with E-state index in [2.05, 4.69) is 62.5 Å². The van der Waals surface area contributed by atoms with E-state index in [1.165, 1.54) is 0 Å². The molecule has 0 unspecified atom stereocenters. The first-order chi connectivity index (χ1) is 5.66. The summed E-state index contributed by atoms with van der Waals surface area (Å²) in [6, 6.07) is 0. The smallest absolute Gasteiger partial charge is 0.00949 e. The van der Waals surface area contributed by atoms with Crippen molar-refractivity contribution in [3.8, 4) is 0 Å². The summed E-state index contributed by atoms with van der Waals surface area (Å²) in [5.41, 5.74) is 0.775. The minimum atomic E-state index is 0.375. The van der Waals surface area contributed by atoms with Gasteiger partial charge in [-0.25, -0.2) is 0 Å². The fraction of sp³-hybridized carbons (Fsp3) is 1.00. The maximum atomic E-state index is 3.55. The van der Waals surface area contributed by atoms with Crippen molar-refractivity contribution in [1.29, 1.82) is 0 Å². The summed E-state index contributed by atoms with van der Waals surface area (Å²) in [5, 5.41) is 1.06. The number of hydrogen-bond donors (Lipinski definition) is 0. The van der Waals surface area contributed by atoms with Gasteiger partial charge in [-0.05, 0) is 17.9 Å². The average Bonchev–Trinajstić information content (AvgIpc) is 1.81. The minimum Gasteiger partial charge on any atom is -0.305 e. The SMILES string of the molecule is CN(CC(C)(C)C)CC(C)(C)CBr. The second-order valence-electron chi connectivity index (χ2n) is 6.03. The molecule has 0 bridgehead atoms. The van der Waals surface area contributed by atoms with Gasteiger partial charge >= 0.3 is 0 Å². The quantitative estimate of drug-likeness (QED) is 0.691. The predicted octanol–water partition coefficient (Wildman–Crippen LogP) is 3.39. The van der Waals surface area contributed by atoms with Crippen molar-refractivity contribution in [2.24, 2.45) is 10.8 Å². The van der Waals surface area contributed by atoms with Crippen LogP contribution >= 0.6 is 15.9 Å². The van der Waals surface area contributed by atoms with Gasteiger partial charge in [0.15, 0.2) is 0 Å². The Hall–Kier alpha value is 0.440. The fourth-order valence-electron chi connectivity index (χ4n) is 1.64. The van der Waals surface area contributed by atoms with Crippen LogP contribution < -0.4 is 0 Å². The summed E-state index contributed by atoms with van der Waals surface area (Å²) < 4.78 is 0. The van der Waals surface area contributed by atoms with Crippen LogP contribution in [0.4, 0.5) is 0 Å². The van der Waals surface area contributed by atoms with Crippen molar-refractivity contribution in [2.45, 2.75) is 34.6 Å². The van der Waals surface area contributed by atoms with Gasteiger partial charge in [0.05, 0.1) is 0 Å². The van der Waals surface area contributed by atoms with E-state index in [1.54, 1.807) is 0 Å². The van der Waals surface area contributed by atoms with E-state index in [0.717, 1.165) is 18.4 Å². The molecule has 0 radical (unpaired) electrons. The normalized spacial score (nSPS) is 13.8. The molecule has 0 fully saturated rings. The molecule has 1 nitrogen and oxygen atoms in total. The molecule has 0 aliphatic carbocycles. The van der Waals surface area contributed by atoms with Crippen molar-refractivity contribution in [1.82, 2.24) is 4.90 Å². The molecule has 0 saturated heterocycles. The molecule has 0 rings (SSSR count). The largest absolute Gasteiger partial charge is 0.305 e. The maximum absolute atomic E-state index is 3.55. The Labute approximate surface area is 92.0 Å². The zero-order valence-electron chi connectivity index (χ0n) is 9.95. The highest BCUT2D eigenvalue weighted by Gasteiger charge is 2.21. The van der Waals surface area contributed by atoms with E-state index >= 15 is 0 Å². The molecule has 13 heavy (non-hydrogen) atoms. The first-order valence-electron chi connectivity index (χ1n) is 4.91. The van der Waals surface area contributed by atoms with Gasteiger partial charge in [0.25, 0.3) is 0 Å². The van der Waals surface area contributed by atoms with Crippen LogP contribution in [-0.2, 0) is 0 Å². The van der Waals surface area contributed by atoms with E-state index in [9.17, 15) is 0 Å². The Morgan fingerprint density at radius 1 is 1.00 bits per heavy atom. The average molecular weight is 250 g/mol. The van der Waals surface area contributed by atoms with Gasteiger partial charge in [-0.3, -0.25) is 0 Å². The lowest BCUT2D eigenvalue weighted by Gasteiger charge is -2.32. The topological polar surface area (TPSA) is 3.24 Å². The van der Waals surface area contributed by atoms with Crippen molar-refractivity contribution in [3.63, 3.8) is 0 Å². The number of nitrogens with zero attached hydrogens (tertiary/aromatic N) is 1. The van der Waals surface area contributed by atoms with E-state index in [-0.39, 0.29) is 0 Å². The van der Waals surface area contributed by atoms with Crippen LogP contribution in [0, 0.1) is 10.8 Å². The third-order valence-electron chi connectivity index (χ3n) is 1.80. The third-order valence-corrected chi connectivity index (χ3v) is 3.32. The number of hydrogen-bond acceptors (Lipinski definition) is 1. The molecule has 2 heteroatoms. The Morgan fingerprint density at radius 3 is 1.77 bits per heavy atom. The van der Waals surface area contributed by atoms with Crippen LogP contribution in [0.1, 0.15) is 34.6 Å². The minimum absolute atomic E-state index is 0.375. The Kier molecular flexibility index (Phi) is 4.95. The van der Waals surface area contributed by atoms with Crippen LogP contribution in [0.25, 0.3) is 0 Å². The van der Waals surface area contributed by atoms with Crippen molar-refractivity contribution < 1.29 is 0 Å². The van der Waals surface area contributed by atoms with Crippen LogP contribution in [0.2, 0.25) is 0 Å². The summed E-state index contributed by atoms with van der Waals surface area (Å²) in [7, 11) is 2.20. The Morgan fingerprint density at radius 2 is 1.46 bits per heavy atom. The summed E-state index contributed by atoms with van der Waals surface area (Å²) in [6.45, 7) is 13.7. The zero-order chi connectivity index (χ0) is 10.7. The van der Waals surface area contributed by atoms with Gasteiger partial charge in [0.2, 0.25) is 0 Å². The molecule has 0 amide bonds. The highest BCUT2D eigenvalue weighted by Crippen LogP contribution is 2.21. The van der Waals surface area contributed by atoms with E-state index < -0.39 is 0 Å². The Balaban J connectivity index is 3.94. The molecule has 0 aromatic rings. The van der Waals surface area contributed by atoms with Crippen molar-refractivity contribution in [2.75, 3.05) is 25.5 Å². The second kappa shape index (κ2) is 4.79. The summed E-state index contributed by atoms with van der Waals surface area (Å²) >= 11 is 3.55. The van der Waals surface area contributed by atoms with Crippen LogP contribution in [0.5, 0.6) is 0 Å². The number of halogens is 1. The monoisotopic (exact) mass is 249 g/mol. The van der Waals surface area contributed by atoms with Crippen LogP contribution in [0.3, 0.4) is 0 Å². The third kappa shape index (κ3) is 7.51. The first-order valence-corrected chi connectivity index (χ1v) is 6.03. The lowest BCUT2D eigenvalue weighted by Crippen LogP contribution is -2.37. The molecule has 80 valence electrons.